The van der Waals surface area contributed by atoms with Gasteiger partial charge >= 0.3 is 0 Å². The third-order valence-electron chi connectivity index (χ3n) is 13.1. The fraction of sp³-hybridized carbons (Fsp3) is 0.838. The van der Waals surface area contributed by atoms with Gasteiger partial charge in [0.1, 0.15) is 0 Å². The molecule has 214 valence electrons. The van der Waals surface area contributed by atoms with Gasteiger partial charge in [0.25, 0.3) is 0 Å². The van der Waals surface area contributed by atoms with E-state index in [1.165, 1.54) is 80.9 Å². The van der Waals surface area contributed by atoms with Crippen LogP contribution in [-0.4, -0.2) is 12.2 Å². The van der Waals surface area contributed by atoms with Crippen LogP contribution in [0, 0.1) is 59.2 Å². The minimum absolute atomic E-state index is 0.403. The first-order valence-corrected chi connectivity index (χ1v) is 16.7. The predicted molar refractivity (Wildman–Crippen MR) is 162 cm³/mol. The third-order valence-corrected chi connectivity index (χ3v) is 13.1. The van der Waals surface area contributed by atoms with Gasteiger partial charge in [0.2, 0.25) is 0 Å². The van der Waals surface area contributed by atoms with Crippen LogP contribution in [0.4, 0.5) is 0 Å². The lowest BCUT2D eigenvalue weighted by molar-refractivity contribution is -0.110. The normalized spacial score (nSPS) is 41.8. The van der Waals surface area contributed by atoms with Crippen LogP contribution in [0.3, 0.4) is 0 Å². The second-order valence-corrected chi connectivity index (χ2v) is 15.8. The highest BCUT2D eigenvalue weighted by molar-refractivity contribution is 5.36. The molecule has 0 heterocycles. The Bertz CT molecular complexity index is 948. The topological polar surface area (TPSA) is 9.23 Å². The van der Waals surface area contributed by atoms with Crippen LogP contribution < -0.4 is 0 Å². The molecule has 0 radical (unpaired) electrons. The van der Waals surface area contributed by atoms with Crippen molar-refractivity contribution >= 4 is 0 Å². The van der Waals surface area contributed by atoms with E-state index in [2.05, 4.69) is 73.6 Å². The molecule has 0 aliphatic heterocycles. The average Bonchev–Trinajstić information content (AvgIpc) is 3.41. The van der Waals surface area contributed by atoms with Crippen LogP contribution in [0.5, 0.6) is 0 Å². The van der Waals surface area contributed by atoms with Gasteiger partial charge in [-0.15, -0.1) is 0 Å². The highest BCUT2D eigenvalue weighted by atomic mass is 16.5. The van der Waals surface area contributed by atoms with E-state index in [0.717, 1.165) is 54.3 Å². The Labute approximate surface area is 236 Å². The Hall–Kier alpha value is -0.820. The smallest absolute Gasteiger partial charge is 0.0659 e. The van der Waals surface area contributed by atoms with Crippen LogP contribution in [0.25, 0.3) is 0 Å². The van der Waals surface area contributed by atoms with Crippen molar-refractivity contribution in [2.24, 2.45) is 52.3 Å². The highest BCUT2D eigenvalue weighted by Crippen LogP contribution is 2.65. The number of hydrogen-bond acceptors (Lipinski definition) is 1. The van der Waals surface area contributed by atoms with E-state index >= 15 is 0 Å². The molecule has 0 aromatic heterocycles. The number of hydrogen-bond donors (Lipinski definition) is 0. The van der Waals surface area contributed by atoms with E-state index in [1.54, 1.807) is 0 Å². The molecule has 4 aliphatic rings. The van der Waals surface area contributed by atoms with Crippen molar-refractivity contribution in [3.05, 3.63) is 34.9 Å². The van der Waals surface area contributed by atoms with Gasteiger partial charge in [-0.1, -0.05) is 91.5 Å². The monoisotopic (exact) mass is 520 g/mol. The second kappa shape index (κ2) is 11.2. The van der Waals surface area contributed by atoms with Crippen molar-refractivity contribution in [1.29, 1.82) is 0 Å². The SMILES string of the molecule is Cc1ccc2c(c1)CC(O[C@@H]1CC[C@@](C)([C@@H]3CC[C@]4(C)[C@H](CC[C@H]4[C@@H](C)CCCC(C)C)[C@H]3C)[C@@H](C)C1)C2. The van der Waals surface area contributed by atoms with Gasteiger partial charge in [0, 0.05) is 0 Å². The van der Waals surface area contributed by atoms with E-state index in [4.69, 9.17) is 4.74 Å². The summed E-state index contributed by atoms with van der Waals surface area (Å²) in [5.74, 6) is 6.18. The summed E-state index contributed by atoms with van der Waals surface area (Å²) < 4.78 is 6.83. The predicted octanol–water partition coefficient (Wildman–Crippen LogP) is 10.2. The largest absolute Gasteiger partial charge is 0.374 e. The molecule has 3 saturated carbocycles. The lowest BCUT2D eigenvalue weighted by Crippen LogP contribution is -2.50. The summed E-state index contributed by atoms with van der Waals surface area (Å²) in [5.41, 5.74) is 5.52. The second-order valence-electron chi connectivity index (χ2n) is 15.8. The zero-order valence-electron chi connectivity index (χ0n) is 26.3. The molecule has 0 spiro atoms. The Balaban J connectivity index is 1.18. The lowest BCUT2D eigenvalue weighted by atomic mass is 9.49. The molecule has 0 N–H and O–H groups in total. The molecule has 5 rings (SSSR count). The van der Waals surface area contributed by atoms with Gasteiger partial charge in [0.05, 0.1) is 12.2 Å². The summed E-state index contributed by atoms with van der Waals surface area (Å²) >= 11 is 0. The standard InChI is InChI=1S/C37H60O/c1-24(2)10-9-11-26(4)33-14-15-34-28(6)35(17-19-37(33,34)8)36(7)18-16-31(21-27(36)5)38-32-22-29-13-12-25(3)20-30(29)23-32/h12-13,20,24,26-28,31-35H,9-11,14-19,21-23H2,1-8H3/t26-,27-,28+,31+,32?,33-,34+,35+,36+,37-/m0/s1. The molecule has 0 saturated heterocycles. The quantitative estimate of drug-likeness (QED) is 0.331. The van der Waals surface area contributed by atoms with Crippen LogP contribution in [0.1, 0.15) is 129 Å². The van der Waals surface area contributed by atoms with Crippen LogP contribution in [0.15, 0.2) is 18.2 Å². The number of benzene rings is 1. The summed E-state index contributed by atoms with van der Waals surface area (Å²) in [7, 11) is 0. The zero-order chi connectivity index (χ0) is 27.2. The van der Waals surface area contributed by atoms with Gasteiger partial charge in [-0.2, -0.15) is 0 Å². The highest BCUT2D eigenvalue weighted by Gasteiger charge is 2.57. The molecule has 10 atom stereocenters. The van der Waals surface area contributed by atoms with E-state index in [9.17, 15) is 0 Å². The minimum Gasteiger partial charge on any atom is -0.374 e. The van der Waals surface area contributed by atoms with Gasteiger partial charge < -0.3 is 4.74 Å². The van der Waals surface area contributed by atoms with E-state index in [-0.39, 0.29) is 0 Å². The van der Waals surface area contributed by atoms with Gasteiger partial charge in [-0.25, -0.2) is 0 Å². The summed E-state index contributed by atoms with van der Waals surface area (Å²) in [6.07, 6.45) is 17.2. The maximum absolute atomic E-state index is 6.83. The first kappa shape index (κ1) is 28.7. The number of ether oxygens (including phenoxy) is 1. The maximum Gasteiger partial charge on any atom is 0.0659 e. The molecule has 1 nitrogen and oxygen atoms in total. The molecule has 1 aromatic rings. The van der Waals surface area contributed by atoms with Crippen molar-refractivity contribution in [3.8, 4) is 0 Å². The summed E-state index contributed by atoms with van der Waals surface area (Å²) in [5, 5.41) is 0. The van der Waals surface area contributed by atoms with Crippen LogP contribution >= 0.6 is 0 Å². The summed E-state index contributed by atoms with van der Waals surface area (Å²) in [4.78, 5) is 0. The molecule has 4 aliphatic carbocycles. The van der Waals surface area contributed by atoms with Gasteiger partial charge in [-0.05, 0) is 128 Å². The Morgan fingerprint density at radius 3 is 2.29 bits per heavy atom. The molecule has 3 fully saturated rings. The van der Waals surface area contributed by atoms with Crippen molar-refractivity contribution in [1.82, 2.24) is 0 Å². The minimum atomic E-state index is 0.403. The van der Waals surface area contributed by atoms with Crippen molar-refractivity contribution in [2.45, 2.75) is 145 Å². The summed E-state index contributed by atoms with van der Waals surface area (Å²) in [6.45, 7) is 20.3. The van der Waals surface area contributed by atoms with Crippen molar-refractivity contribution in [2.75, 3.05) is 0 Å². The molecular formula is C37H60O. The van der Waals surface area contributed by atoms with Gasteiger partial charge in [0.15, 0.2) is 0 Å². The molecule has 0 amide bonds. The zero-order valence-corrected chi connectivity index (χ0v) is 26.3. The number of rotatable bonds is 8. The Morgan fingerprint density at radius 1 is 0.842 bits per heavy atom. The van der Waals surface area contributed by atoms with Crippen LogP contribution in [-0.2, 0) is 17.6 Å². The van der Waals surface area contributed by atoms with Crippen molar-refractivity contribution in [3.63, 3.8) is 0 Å². The lowest BCUT2D eigenvalue weighted by Gasteiger charge is -2.57. The van der Waals surface area contributed by atoms with Crippen LogP contribution in [0.2, 0.25) is 0 Å². The third kappa shape index (κ3) is 5.41. The van der Waals surface area contributed by atoms with Crippen molar-refractivity contribution < 1.29 is 4.74 Å². The average molecular weight is 521 g/mol. The summed E-state index contributed by atoms with van der Waals surface area (Å²) in [6, 6.07) is 7.00. The molecule has 0 bridgehead atoms. The Morgan fingerprint density at radius 2 is 1.55 bits per heavy atom. The maximum atomic E-state index is 6.83. The fourth-order valence-electron chi connectivity index (χ4n) is 10.7. The molecule has 38 heavy (non-hydrogen) atoms. The Kier molecular flexibility index (Phi) is 8.47. The molecule has 1 aromatic carbocycles. The first-order valence-electron chi connectivity index (χ1n) is 16.7. The van der Waals surface area contributed by atoms with E-state index in [0.29, 0.717) is 23.0 Å². The number of aryl methyl sites for hydroxylation is 1. The van der Waals surface area contributed by atoms with E-state index < -0.39 is 0 Å². The fourth-order valence-corrected chi connectivity index (χ4v) is 10.7. The van der Waals surface area contributed by atoms with E-state index in [1.807, 2.05) is 0 Å². The van der Waals surface area contributed by atoms with Gasteiger partial charge in [-0.3, -0.25) is 0 Å². The first-order chi connectivity index (χ1) is 18.0. The molecular weight excluding hydrogens is 460 g/mol. The molecule has 1 heteroatoms. The number of fused-ring (bicyclic) bond motifs is 2. The molecule has 1 unspecified atom stereocenters.